The van der Waals surface area contributed by atoms with E-state index >= 15 is 0 Å². The average molecular weight is 298 g/mol. The lowest BCUT2D eigenvalue weighted by Crippen LogP contribution is -2.54. The van der Waals surface area contributed by atoms with Gasteiger partial charge in [-0.3, -0.25) is 4.90 Å². The summed E-state index contributed by atoms with van der Waals surface area (Å²) in [6, 6.07) is 3.10. The third-order valence-electron chi connectivity index (χ3n) is 3.60. The van der Waals surface area contributed by atoms with Crippen LogP contribution in [0.1, 0.15) is 20.8 Å². The number of nitrogens with two attached hydrogens (primary N) is 1. The van der Waals surface area contributed by atoms with Crippen LogP contribution in [0.15, 0.2) is 23.2 Å². The fourth-order valence-electron chi connectivity index (χ4n) is 2.36. The number of nitrogens with zero attached hydrogens (tertiary/aromatic N) is 3. The molecule has 0 aromatic carbocycles. The molecule has 0 atom stereocenters. The van der Waals surface area contributed by atoms with Gasteiger partial charge in [-0.1, -0.05) is 0 Å². The monoisotopic (exact) mass is 298 g/mol. The molecule has 0 saturated carbocycles. The van der Waals surface area contributed by atoms with Crippen molar-refractivity contribution in [3.05, 3.63) is 18.3 Å². The number of anilines is 1. The molecule has 0 aliphatic carbocycles. The third kappa shape index (κ3) is 2.94. The van der Waals surface area contributed by atoms with Gasteiger partial charge in [0.05, 0.1) is 0 Å². The van der Waals surface area contributed by atoms with Gasteiger partial charge in [0.2, 0.25) is 10.0 Å². The maximum absolute atomic E-state index is 12.6. The second kappa shape index (κ2) is 5.31. The van der Waals surface area contributed by atoms with Crippen LogP contribution in [0, 0.1) is 0 Å². The molecular formula is C13H22N4O2S. The molecule has 7 heteroatoms. The Hall–Kier alpha value is -1.18. The maximum Gasteiger partial charge on any atom is 0.246 e. The van der Waals surface area contributed by atoms with Crippen LogP contribution in [0.3, 0.4) is 0 Å². The smallest absolute Gasteiger partial charge is 0.246 e. The lowest BCUT2D eigenvalue weighted by atomic mass is 10.1. The van der Waals surface area contributed by atoms with Crippen molar-refractivity contribution in [3.8, 4) is 0 Å². The van der Waals surface area contributed by atoms with Gasteiger partial charge in [-0.15, -0.1) is 0 Å². The van der Waals surface area contributed by atoms with E-state index in [1.807, 2.05) is 0 Å². The number of piperazine rings is 1. The molecule has 0 unspecified atom stereocenters. The van der Waals surface area contributed by atoms with Crippen LogP contribution in [-0.4, -0.2) is 54.3 Å². The highest BCUT2D eigenvalue weighted by Gasteiger charge is 2.33. The van der Waals surface area contributed by atoms with Crippen LogP contribution in [0.4, 0.5) is 5.82 Å². The summed E-state index contributed by atoms with van der Waals surface area (Å²) >= 11 is 0. The normalized spacial score (nSPS) is 19.1. The molecule has 0 bridgehead atoms. The highest BCUT2D eigenvalue weighted by atomic mass is 32.2. The number of hydrogen-bond acceptors (Lipinski definition) is 5. The molecule has 1 aliphatic rings. The molecule has 6 nitrogen and oxygen atoms in total. The Morgan fingerprint density at radius 3 is 2.30 bits per heavy atom. The Bertz CT molecular complexity index is 572. The highest BCUT2D eigenvalue weighted by Crippen LogP contribution is 2.23. The molecule has 112 valence electrons. The molecule has 2 rings (SSSR count). The Morgan fingerprint density at radius 2 is 1.80 bits per heavy atom. The van der Waals surface area contributed by atoms with Crippen molar-refractivity contribution in [1.29, 1.82) is 0 Å². The van der Waals surface area contributed by atoms with Gasteiger partial charge >= 0.3 is 0 Å². The Morgan fingerprint density at radius 1 is 1.20 bits per heavy atom. The summed E-state index contributed by atoms with van der Waals surface area (Å²) in [6.45, 7) is 8.82. The van der Waals surface area contributed by atoms with Gasteiger partial charge in [-0.05, 0) is 32.9 Å². The van der Waals surface area contributed by atoms with Gasteiger partial charge < -0.3 is 5.73 Å². The topological polar surface area (TPSA) is 79.5 Å². The number of aromatic nitrogens is 1. The largest absolute Gasteiger partial charge is 0.383 e. The van der Waals surface area contributed by atoms with Gasteiger partial charge in [0.25, 0.3) is 0 Å². The molecule has 1 aromatic rings. The zero-order valence-corrected chi connectivity index (χ0v) is 13.0. The van der Waals surface area contributed by atoms with Crippen molar-refractivity contribution >= 4 is 15.8 Å². The second-order valence-electron chi connectivity index (χ2n) is 5.95. The van der Waals surface area contributed by atoms with Gasteiger partial charge in [-0.2, -0.15) is 4.31 Å². The predicted molar refractivity (Wildman–Crippen MR) is 78.7 cm³/mol. The number of pyridine rings is 1. The zero-order chi connectivity index (χ0) is 15.0. The summed E-state index contributed by atoms with van der Waals surface area (Å²) in [6.07, 6.45) is 1.49. The molecule has 2 heterocycles. The molecule has 0 spiro atoms. The van der Waals surface area contributed by atoms with Crippen LogP contribution < -0.4 is 5.73 Å². The Kier molecular flexibility index (Phi) is 4.04. The van der Waals surface area contributed by atoms with Gasteiger partial charge in [0.15, 0.2) is 0 Å². The van der Waals surface area contributed by atoms with E-state index in [0.717, 1.165) is 13.1 Å². The second-order valence-corrected chi connectivity index (χ2v) is 7.86. The maximum atomic E-state index is 12.6. The van der Waals surface area contributed by atoms with Crippen molar-refractivity contribution < 1.29 is 8.42 Å². The zero-order valence-electron chi connectivity index (χ0n) is 12.2. The van der Waals surface area contributed by atoms with E-state index < -0.39 is 10.0 Å². The van der Waals surface area contributed by atoms with Crippen molar-refractivity contribution in [2.45, 2.75) is 31.2 Å². The lowest BCUT2D eigenvalue weighted by molar-refractivity contribution is 0.0922. The highest BCUT2D eigenvalue weighted by molar-refractivity contribution is 7.89. The number of rotatable bonds is 2. The van der Waals surface area contributed by atoms with Crippen LogP contribution in [-0.2, 0) is 10.0 Å². The summed E-state index contributed by atoms with van der Waals surface area (Å²) in [4.78, 5) is 6.24. The van der Waals surface area contributed by atoms with Crippen molar-refractivity contribution in [2.24, 2.45) is 0 Å². The number of sulfonamides is 1. The van der Waals surface area contributed by atoms with Crippen LogP contribution >= 0.6 is 0 Å². The first-order valence-electron chi connectivity index (χ1n) is 6.68. The van der Waals surface area contributed by atoms with E-state index in [-0.39, 0.29) is 16.3 Å². The predicted octanol–water partition coefficient (Wildman–Crippen LogP) is 0.769. The van der Waals surface area contributed by atoms with E-state index in [2.05, 4.69) is 30.7 Å². The van der Waals surface area contributed by atoms with Crippen molar-refractivity contribution in [3.63, 3.8) is 0 Å². The fourth-order valence-corrected chi connectivity index (χ4v) is 3.85. The van der Waals surface area contributed by atoms with E-state index in [0.29, 0.717) is 13.1 Å². The lowest BCUT2D eigenvalue weighted by Gasteiger charge is -2.41. The molecule has 1 aromatic heterocycles. The van der Waals surface area contributed by atoms with E-state index in [1.54, 1.807) is 6.07 Å². The van der Waals surface area contributed by atoms with Crippen LogP contribution in [0.2, 0.25) is 0 Å². The van der Waals surface area contributed by atoms with Crippen molar-refractivity contribution in [2.75, 3.05) is 31.9 Å². The number of nitrogen functional groups attached to an aromatic ring is 1. The summed E-state index contributed by atoms with van der Waals surface area (Å²) in [5, 5.41) is 0. The van der Waals surface area contributed by atoms with E-state index in [9.17, 15) is 8.42 Å². The Labute approximate surface area is 120 Å². The minimum absolute atomic E-state index is 0.0587. The first-order valence-corrected chi connectivity index (χ1v) is 8.12. The van der Waals surface area contributed by atoms with Crippen LogP contribution in [0.25, 0.3) is 0 Å². The van der Waals surface area contributed by atoms with Gasteiger partial charge in [0.1, 0.15) is 10.7 Å². The van der Waals surface area contributed by atoms with Gasteiger partial charge in [0, 0.05) is 37.9 Å². The summed E-state index contributed by atoms with van der Waals surface area (Å²) in [5.41, 5.74) is 5.74. The summed E-state index contributed by atoms with van der Waals surface area (Å²) in [5.74, 6) is 0.0609. The minimum atomic E-state index is -3.54. The standard InChI is InChI=1S/C13H22N4O2S/c1-13(2,3)16-7-9-17(10-8-16)20(18,19)11-5-4-6-15-12(11)14/h4-6H,7-10H2,1-3H3,(H2,14,15). The molecule has 1 fully saturated rings. The third-order valence-corrected chi connectivity index (χ3v) is 5.55. The summed E-state index contributed by atoms with van der Waals surface area (Å²) < 4.78 is 26.6. The molecule has 1 aliphatic heterocycles. The molecular weight excluding hydrogens is 276 g/mol. The molecule has 0 radical (unpaired) electrons. The molecule has 0 amide bonds. The molecule has 20 heavy (non-hydrogen) atoms. The fraction of sp³-hybridized carbons (Fsp3) is 0.615. The average Bonchev–Trinajstić information content (AvgIpc) is 2.38. The first kappa shape index (κ1) is 15.2. The molecule has 2 N–H and O–H groups in total. The van der Waals surface area contributed by atoms with Gasteiger partial charge in [-0.25, -0.2) is 13.4 Å². The van der Waals surface area contributed by atoms with Crippen LogP contribution in [0.5, 0.6) is 0 Å². The molecule has 1 saturated heterocycles. The number of hydrogen-bond donors (Lipinski definition) is 1. The Balaban J connectivity index is 2.16. The first-order chi connectivity index (χ1) is 9.23. The summed E-state index contributed by atoms with van der Waals surface area (Å²) in [7, 11) is -3.54. The van der Waals surface area contributed by atoms with E-state index in [4.69, 9.17) is 5.73 Å². The SMILES string of the molecule is CC(C)(C)N1CCN(S(=O)(=O)c2cccnc2N)CC1. The van der Waals surface area contributed by atoms with E-state index in [1.165, 1.54) is 16.6 Å². The van der Waals surface area contributed by atoms with Crippen molar-refractivity contribution in [1.82, 2.24) is 14.2 Å². The minimum Gasteiger partial charge on any atom is -0.383 e. The quantitative estimate of drug-likeness (QED) is 0.872.